The van der Waals surface area contributed by atoms with Crippen LogP contribution in [0.15, 0.2) is 18.2 Å². The van der Waals surface area contributed by atoms with Crippen LogP contribution in [0.25, 0.3) is 0 Å². The van der Waals surface area contributed by atoms with Crippen LogP contribution in [0.1, 0.15) is 43.6 Å². The lowest BCUT2D eigenvalue weighted by atomic mass is 9.86. The Morgan fingerprint density at radius 2 is 1.83 bits per heavy atom. The molecule has 0 saturated heterocycles. The fourth-order valence-electron chi connectivity index (χ4n) is 3.42. The van der Waals surface area contributed by atoms with Crippen molar-refractivity contribution in [3.63, 3.8) is 0 Å². The first-order valence-electron chi connectivity index (χ1n) is 7.94. The first-order chi connectivity index (χ1) is 11.0. The summed E-state index contributed by atoms with van der Waals surface area (Å²) >= 11 is 0. The largest absolute Gasteiger partial charge is 0.481 e. The van der Waals surface area contributed by atoms with Crippen LogP contribution in [0.4, 0.5) is 8.78 Å². The lowest BCUT2D eigenvalue weighted by molar-refractivity contribution is -0.142. The molecule has 1 aromatic carbocycles. The first-order valence-corrected chi connectivity index (χ1v) is 7.94. The highest BCUT2D eigenvalue weighted by Gasteiger charge is 2.46. The summed E-state index contributed by atoms with van der Waals surface area (Å²) in [4.78, 5) is 23.1. The minimum absolute atomic E-state index is 0.0169. The van der Waals surface area contributed by atoms with Crippen molar-refractivity contribution >= 4 is 11.9 Å². The molecule has 3 rings (SSSR count). The Labute approximate surface area is 132 Å². The molecule has 2 aliphatic carbocycles. The van der Waals surface area contributed by atoms with E-state index in [2.05, 4.69) is 5.32 Å². The molecular weight excluding hydrogens is 304 g/mol. The quantitative estimate of drug-likeness (QED) is 0.895. The highest BCUT2D eigenvalue weighted by Crippen LogP contribution is 2.48. The van der Waals surface area contributed by atoms with Gasteiger partial charge in [-0.15, -0.1) is 0 Å². The summed E-state index contributed by atoms with van der Waals surface area (Å²) in [6.45, 7) is 0. The van der Waals surface area contributed by atoms with E-state index in [1.54, 1.807) is 0 Å². The number of hydrogen-bond acceptors (Lipinski definition) is 2. The van der Waals surface area contributed by atoms with E-state index in [0.717, 1.165) is 18.2 Å². The second-order valence-electron chi connectivity index (χ2n) is 6.51. The van der Waals surface area contributed by atoms with Gasteiger partial charge in [0.15, 0.2) is 0 Å². The normalized spacial score (nSPS) is 29.8. The number of carbonyl (C=O) groups is 2. The van der Waals surface area contributed by atoms with E-state index in [-0.39, 0.29) is 35.3 Å². The lowest BCUT2D eigenvalue weighted by Gasteiger charge is -2.26. The summed E-state index contributed by atoms with van der Waals surface area (Å²) in [6.07, 6.45) is 2.94. The van der Waals surface area contributed by atoms with Gasteiger partial charge in [-0.05, 0) is 61.8 Å². The number of aliphatic carboxylic acids is 1. The predicted molar refractivity (Wildman–Crippen MR) is 78.7 cm³/mol. The number of amides is 1. The van der Waals surface area contributed by atoms with Crippen LogP contribution in [0.3, 0.4) is 0 Å². The van der Waals surface area contributed by atoms with Crippen LogP contribution in [0.2, 0.25) is 0 Å². The Morgan fingerprint density at radius 3 is 2.48 bits per heavy atom. The Morgan fingerprint density at radius 1 is 1.13 bits per heavy atom. The maximum Gasteiger partial charge on any atom is 0.306 e. The van der Waals surface area contributed by atoms with Crippen molar-refractivity contribution in [2.24, 2.45) is 11.8 Å². The zero-order valence-electron chi connectivity index (χ0n) is 12.6. The summed E-state index contributed by atoms with van der Waals surface area (Å²) in [5.41, 5.74) is 0.264. The molecule has 1 amide bonds. The van der Waals surface area contributed by atoms with Gasteiger partial charge in [0.2, 0.25) is 5.91 Å². The summed E-state index contributed by atoms with van der Waals surface area (Å²) in [5, 5.41) is 11.9. The fourth-order valence-corrected chi connectivity index (χ4v) is 3.42. The molecule has 0 unspecified atom stereocenters. The molecule has 0 spiro atoms. The van der Waals surface area contributed by atoms with Crippen molar-refractivity contribution in [1.29, 1.82) is 0 Å². The Bertz CT molecular complexity index is 626. The molecule has 2 saturated carbocycles. The van der Waals surface area contributed by atoms with Gasteiger partial charge in [-0.3, -0.25) is 9.59 Å². The van der Waals surface area contributed by atoms with Crippen molar-refractivity contribution in [2.75, 3.05) is 0 Å². The molecule has 0 aliphatic heterocycles. The molecule has 124 valence electrons. The van der Waals surface area contributed by atoms with Gasteiger partial charge in [-0.25, -0.2) is 8.78 Å². The molecule has 0 radical (unpaired) electrons. The topological polar surface area (TPSA) is 66.4 Å². The number of benzene rings is 1. The third-order valence-corrected chi connectivity index (χ3v) is 4.91. The highest BCUT2D eigenvalue weighted by atomic mass is 19.1. The summed E-state index contributed by atoms with van der Waals surface area (Å²) < 4.78 is 26.9. The molecule has 2 fully saturated rings. The van der Waals surface area contributed by atoms with Crippen molar-refractivity contribution in [3.8, 4) is 0 Å². The van der Waals surface area contributed by atoms with Crippen molar-refractivity contribution in [1.82, 2.24) is 5.32 Å². The third-order valence-electron chi connectivity index (χ3n) is 4.91. The molecule has 1 aromatic rings. The summed E-state index contributed by atoms with van der Waals surface area (Å²) in [7, 11) is 0. The maximum absolute atomic E-state index is 13.7. The van der Waals surface area contributed by atoms with Crippen molar-refractivity contribution in [3.05, 3.63) is 35.4 Å². The number of carboxylic acids is 1. The van der Waals surface area contributed by atoms with Gasteiger partial charge in [0.25, 0.3) is 0 Å². The average molecular weight is 323 g/mol. The minimum atomic E-state index is -0.779. The standard InChI is InChI=1S/C17H19F2NO3/c18-10-3-6-15(19)13(7-10)12-8-14(12)16(21)20-11-4-1-9(2-5-11)17(22)23/h3,6-7,9,11-12,14H,1-2,4-5,8H2,(H,20,21)(H,22,23)/t9?,11?,12-,14+/m1/s1. The maximum atomic E-state index is 13.7. The smallest absolute Gasteiger partial charge is 0.306 e. The molecule has 6 heteroatoms. The summed E-state index contributed by atoms with van der Waals surface area (Å²) in [5.74, 6) is -2.80. The molecule has 4 nitrogen and oxygen atoms in total. The van der Waals surface area contributed by atoms with Gasteiger partial charge >= 0.3 is 5.97 Å². The number of carbonyl (C=O) groups excluding carboxylic acids is 1. The Hall–Kier alpha value is -1.98. The van der Waals surface area contributed by atoms with Crippen LogP contribution >= 0.6 is 0 Å². The van der Waals surface area contributed by atoms with Crippen LogP contribution in [0, 0.1) is 23.5 Å². The molecule has 2 atom stereocenters. The van der Waals surface area contributed by atoms with Crippen molar-refractivity contribution < 1.29 is 23.5 Å². The number of nitrogens with one attached hydrogen (secondary N) is 1. The van der Waals surface area contributed by atoms with Gasteiger partial charge in [0, 0.05) is 12.0 Å². The molecule has 0 heterocycles. The van der Waals surface area contributed by atoms with E-state index in [9.17, 15) is 18.4 Å². The molecule has 2 N–H and O–H groups in total. The monoisotopic (exact) mass is 323 g/mol. The van der Waals surface area contributed by atoms with Crippen molar-refractivity contribution in [2.45, 2.75) is 44.1 Å². The van der Waals surface area contributed by atoms with Gasteiger partial charge in [0.05, 0.1) is 5.92 Å². The second kappa shape index (κ2) is 6.26. The van der Waals surface area contributed by atoms with E-state index in [0.29, 0.717) is 32.1 Å². The molecule has 2 aliphatic rings. The van der Waals surface area contributed by atoms with Crippen LogP contribution < -0.4 is 5.32 Å². The van der Waals surface area contributed by atoms with Gasteiger partial charge in [0.1, 0.15) is 11.6 Å². The van der Waals surface area contributed by atoms with Gasteiger partial charge in [-0.2, -0.15) is 0 Å². The molecule has 0 bridgehead atoms. The minimum Gasteiger partial charge on any atom is -0.481 e. The second-order valence-corrected chi connectivity index (χ2v) is 6.51. The fraction of sp³-hybridized carbons (Fsp3) is 0.529. The average Bonchev–Trinajstić information content (AvgIpc) is 3.31. The Balaban J connectivity index is 1.53. The van der Waals surface area contributed by atoms with Crippen LogP contribution in [0.5, 0.6) is 0 Å². The third kappa shape index (κ3) is 3.51. The summed E-state index contributed by atoms with van der Waals surface area (Å²) in [6, 6.07) is 3.30. The zero-order valence-corrected chi connectivity index (χ0v) is 12.6. The molecule has 23 heavy (non-hydrogen) atoms. The number of carboxylic acid groups (broad SMARTS) is 1. The van der Waals surface area contributed by atoms with E-state index in [4.69, 9.17) is 5.11 Å². The van der Waals surface area contributed by atoms with Gasteiger partial charge < -0.3 is 10.4 Å². The molecular formula is C17H19F2NO3. The first kappa shape index (κ1) is 15.9. The van der Waals surface area contributed by atoms with E-state index >= 15 is 0 Å². The van der Waals surface area contributed by atoms with E-state index in [1.165, 1.54) is 0 Å². The number of rotatable bonds is 4. The van der Waals surface area contributed by atoms with Crippen LogP contribution in [-0.2, 0) is 9.59 Å². The number of halogens is 2. The van der Waals surface area contributed by atoms with E-state index in [1.807, 2.05) is 0 Å². The van der Waals surface area contributed by atoms with Gasteiger partial charge in [-0.1, -0.05) is 0 Å². The predicted octanol–water partition coefficient (Wildman–Crippen LogP) is 2.83. The van der Waals surface area contributed by atoms with E-state index < -0.39 is 17.6 Å². The lowest BCUT2D eigenvalue weighted by Crippen LogP contribution is -2.39. The molecule has 0 aromatic heterocycles. The Kier molecular flexibility index (Phi) is 4.33. The number of hydrogen-bond donors (Lipinski definition) is 2. The van der Waals surface area contributed by atoms with Crippen LogP contribution in [-0.4, -0.2) is 23.0 Å². The zero-order chi connectivity index (χ0) is 16.6. The highest BCUT2D eigenvalue weighted by molar-refractivity contribution is 5.83. The SMILES string of the molecule is O=C(O)C1CCC(NC(=O)[C@H]2C[C@@H]2c2cc(F)ccc2F)CC1.